The second-order valence-corrected chi connectivity index (χ2v) is 6.82. The minimum absolute atomic E-state index is 0.0465. The number of nitrogens with one attached hydrogen (secondary N) is 1. The number of rotatable bonds is 10. The van der Waals surface area contributed by atoms with Gasteiger partial charge in [0.15, 0.2) is 11.5 Å². The van der Waals surface area contributed by atoms with Crippen LogP contribution in [-0.2, 0) is 16.1 Å². The summed E-state index contributed by atoms with van der Waals surface area (Å²) in [5.41, 5.74) is 1.01. The molecule has 0 aliphatic rings. The molecule has 0 bridgehead atoms. The Balaban J connectivity index is 1.54. The number of para-hydroxylation sites is 1. The van der Waals surface area contributed by atoms with Crippen molar-refractivity contribution < 1.29 is 33.3 Å². The summed E-state index contributed by atoms with van der Waals surface area (Å²) in [4.78, 5) is 24.6. The van der Waals surface area contributed by atoms with Crippen LogP contribution in [0.3, 0.4) is 0 Å². The molecule has 0 unspecified atom stereocenters. The standard InChI is InChI=1S/C25H25NO7/c1-29-21-13-18(14-22(30-2)24(21)31-3)25(28)26-15-23(27)32-16-17-8-7-11-20(12-17)33-19-9-5-4-6-10-19/h4-14H,15-16H2,1-3H3,(H,26,28). The first-order chi connectivity index (χ1) is 16.0. The molecule has 0 fully saturated rings. The maximum atomic E-state index is 12.5. The molecule has 8 nitrogen and oxygen atoms in total. The molecule has 0 aliphatic heterocycles. The van der Waals surface area contributed by atoms with Gasteiger partial charge in [-0.1, -0.05) is 30.3 Å². The predicted molar refractivity (Wildman–Crippen MR) is 121 cm³/mol. The zero-order valence-electron chi connectivity index (χ0n) is 18.6. The van der Waals surface area contributed by atoms with Crippen LogP contribution in [0.1, 0.15) is 15.9 Å². The van der Waals surface area contributed by atoms with E-state index in [9.17, 15) is 9.59 Å². The van der Waals surface area contributed by atoms with E-state index in [1.165, 1.54) is 33.5 Å². The third kappa shape index (κ3) is 6.39. The third-order valence-electron chi connectivity index (χ3n) is 4.60. The number of hydrogen-bond donors (Lipinski definition) is 1. The van der Waals surface area contributed by atoms with E-state index >= 15 is 0 Å². The fraction of sp³-hybridized carbons (Fsp3) is 0.200. The van der Waals surface area contributed by atoms with Crippen molar-refractivity contribution in [3.05, 3.63) is 77.9 Å². The Bertz CT molecular complexity index is 1070. The lowest BCUT2D eigenvalue weighted by atomic mass is 10.1. The molecule has 0 heterocycles. The van der Waals surface area contributed by atoms with Crippen molar-refractivity contribution in [2.45, 2.75) is 6.61 Å². The Kier molecular flexibility index (Phi) is 8.13. The van der Waals surface area contributed by atoms with Gasteiger partial charge in [0.1, 0.15) is 24.7 Å². The molecule has 0 radical (unpaired) electrons. The number of carbonyl (C=O) groups is 2. The number of ether oxygens (including phenoxy) is 5. The molecule has 3 aromatic carbocycles. The molecular formula is C25H25NO7. The van der Waals surface area contributed by atoms with Gasteiger partial charge >= 0.3 is 5.97 Å². The normalized spacial score (nSPS) is 10.2. The quantitative estimate of drug-likeness (QED) is 0.466. The number of hydrogen-bond acceptors (Lipinski definition) is 7. The molecule has 33 heavy (non-hydrogen) atoms. The summed E-state index contributed by atoms with van der Waals surface area (Å²) in [6.07, 6.45) is 0. The van der Waals surface area contributed by atoms with Crippen LogP contribution in [0.15, 0.2) is 66.7 Å². The Morgan fingerprint density at radius 2 is 1.45 bits per heavy atom. The van der Waals surface area contributed by atoms with Gasteiger partial charge in [0.25, 0.3) is 5.91 Å². The van der Waals surface area contributed by atoms with Crippen molar-refractivity contribution in [1.82, 2.24) is 5.32 Å². The molecule has 8 heteroatoms. The molecular weight excluding hydrogens is 426 g/mol. The first-order valence-corrected chi connectivity index (χ1v) is 10.1. The van der Waals surface area contributed by atoms with Crippen molar-refractivity contribution in [2.24, 2.45) is 0 Å². The molecule has 0 aromatic heterocycles. The molecule has 3 aromatic rings. The summed E-state index contributed by atoms with van der Waals surface area (Å²) in [6.45, 7) is -0.249. The molecule has 172 valence electrons. The van der Waals surface area contributed by atoms with Gasteiger partial charge in [0, 0.05) is 5.56 Å². The highest BCUT2D eigenvalue weighted by Gasteiger charge is 2.17. The van der Waals surface area contributed by atoms with E-state index in [-0.39, 0.29) is 18.7 Å². The van der Waals surface area contributed by atoms with E-state index in [0.29, 0.717) is 28.7 Å². The van der Waals surface area contributed by atoms with Gasteiger partial charge in [0.2, 0.25) is 5.75 Å². The van der Waals surface area contributed by atoms with E-state index in [1.54, 1.807) is 6.07 Å². The molecule has 0 aliphatic carbocycles. The Hall–Kier alpha value is -4.20. The summed E-state index contributed by atoms with van der Waals surface area (Å²) in [6, 6.07) is 19.6. The smallest absolute Gasteiger partial charge is 0.325 e. The minimum Gasteiger partial charge on any atom is -0.493 e. The lowest BCUT2D eigenvalue weighted by Gasteiger charge is -2.14. The van der Waals surface area contributed by atoms with Gasteiger partial charge in [-0.2, -0.15) is 0 Å². The molecule has 0 spiro atoms. The van der Waals surface area contributed by atoms with E-state index in [0.717, 1.165) is 5.56 Å². The van der Waals surface area contributed by atoms with Crippen molar-refractivity contribution in [1.29, 1.82) is 0 Å². The lowest BCUT2D eigenvalue weighted by Crippen LogP contribution is -2.30. The van der Waals surface area contributed by atoms with Crippen LogP contribution in [-0.4, -0.2) is 39.8 Å². The first-order valence-electron chi connectivity index (χ1n) is 10.1. The molecule has 3 rings (SSSR count). The molecule has 0 atom stereocenters. The average molecular weight is 451 g/mol. The van der Waals surface area contributed by atoms with Gasteiger partial charge in [0.05, 0.1) is 21.3 Å². The Labute approximate surface area is 192 Å². The summed E-state index contributed by atoms with van der Waals surface area (Å²) in [7, 11) is 4.38. The second kappa shape index (κ2) is 11.4. The van der Waals surface area contributed by atoms with Crippen LogP contribution in [0, 0.1) is 0 Å². The maximum Gasteiger partial charge on any atom is 0.325 e. The van der Waals surface area contributed by atoms with E-state index in [4.69, 9.17) is 23.7 Å². The second-order valence-electron chi connectivity index (χ2n) is 6.82. The van der Waals surface area contributed by atoms with E-state index in [2.05, 4.69) is 5.32 Å². The van der Waals surface area contributed by atoms with Gasteiger partial charge in [-0.05, 0) is 42.0 Å². The number of esters is 1. The first kappa shape index (κ1) is 23.5. The van der Waals surface area contributed by atoms with Crippen molar-refractivity contribution in [3.8, 4) is 28.7 Å². The SMILES string of the molecule is COc1cc(C(=O)NCC(=O)OCc2cccc(Oc3ccccc3)c2)cc(OC)c1OC. The number of amides is 1. The summed E-state index contributed by atoms with van der Waals surface area (Å²) >= 11 is 0. The largest absolute Gasteiger partial charge is 0.493 e. The zero-order chi connectivity index (χ0) is 23.6. The van der Waals surface area contributed by atoms with Crippen LogP contribution >= 0.6 is 0 Å². The molecule has 0 saturated carbocycles. The summed E-state index contributed by atoms with van der Waals surface area (Å²) in [5.74, 6) is 1.32. The Morgan fingerprint density at radius 3 is 2.09 bits per heavy atom. The van der Waals surface area contributed by atoms with Crippen LogP contribution < -0.4 is 24.3 Å². The topological polar surface area (TPSA) is 92.3 Å². The van der Waals surface area contributed by atoms with E-state index in [1.807, 2.05) is 48.5 Å². The molecule has 0 saturated heterocycles. The fourth-order valence-corrected chi connectivity index (χ4v) is 3.00. The summed E-state index contributed by atoms with van der Waals surface area (Å²) in [5, 5.41) is 2.53. The van der Waals surface area contributed by atoms with E-state index < -0.39 is 11.9 Å². The number of methoxy groups -OCH3 is 3. The van der Waals surface area contributed by atoms with Gasteiger partial charge in [-0.25, -0.2) is 0 Å². The van der Waals surface area contributed by atoms with Crippen LogP contribution in [0.5, 0.6) is 28.7 Å². The van der Waals surface area contributed by atoms with Crippen molar-refractivity contribution >= 4 is 11.9 Å². The fourth-order valence-electron chi connectivity index (χ4n) is 3.00. The van der Waals surface area contributed by atoms with Crippen molar-refractivity contribution in [3.63, 3.8) is 0 Å². The monoisotopic (exact) mass is 451 g/mol. The van der Waals surface area contributed by atoms with Crippen molar-refractivity contribution in [2.75, 3.05) is 27.9 Å². The zero-order valence-corrected chi connectivity index (χ0v) is 18.6. The van der Waals surface area contributed by atoms with Crippen LogP contribution in [0.25, 0.3) is 0 Å². The highest BCUT2D eigenvalue weighted by atomic mass is 16.5. The third-order valence-corrected chi connectivity index (χ3v) is 4.60. The van der Waals surface area contributed by atoms with Gasteiger partial charge in [-0.15, -0.1) is 0 Å². The van der Waals surface area contributed by atoms with Gasteiger partial charge in [-0.3, -0.25) is 9.59 Å². The Morgan fingerprint density at radius 1 is 0.788 bits per heavy atom. The molecule has 1 amide bonds. The number of benzene rings is 3. The highest BCUT2D eigenvalue weighted by Crippen LogP contribution is 2.38. The highest BCUT2D eigenvalue weighted by molar-refractivity contribution is 5.97. The van der Waals surface area contributed by atoms with Gasteiger partial charge < -0.3 is 29.0 Å². The number of carbonyl (C=O) groups excluding carboxylic acids is 2. The summed E-state index contributed by atoms with van der Waals surface area (Å²) < 4.78 is 26.8. The molecule has 1 N–H and O–H groups in total. The predicted octanol–water partition coefficient (Wildman–Crippen LogP) is 3.98. The van der Waals surface area contributed by atoms with Crippen LogP contribution in [0.2, 0.25) is 0 Å². The maximum absolute atomic E-state index is 12.5. The minimum atomic E-state index is -0.579. The average Bonchev–Trinajstić information content (AvgIpc) is 2.85. The lowest BCUT2D eigenvalue weighted by molar-refractivity contribution is -0.143. The van der Waals surface area contributed by atoms with Crippen LogP contribution in [0.4, 0.5) is 0 Å².